The van der Waals surface area contributed by atoms with Gasteiger partial charge in [0.25, 0.3) is 0 Å². The smallest absolute Gasteiger partial charge is 0.238 e. The SMILES string of the molecule is Cc1nccnc1C(C)Nc1cccc(S(N)(=O)=O)c1C. The van der Waals surface area contributed by atoms with E-state index in [-0.39, 0.29) is 10.9 Å². The van der Waals surface area contributed by atoms with Crippen LogP contribution in [0.3, 0.4) is 0 Å². The minimum atomic E-state index is -3.73. The van der Waals surface area contributed by atoms with Gasteiger partial charge in [0.05, 0.1) is 22.3 Å². The Morgan fingerprint density at radius 3 is 2.48 bits per heavy atom. The Morgan fingerprint density at radius 2 is 1.86 bits per heavy atom. The first-order valence-corrected chi connectivity index (χ1v) is 8.02. The van der Waals surface area contributed by atoms with Crippen molar-refractivity contribution in [3.05, 3.63) is 47.5 Å². The number of aromatic nitrogens is 2. The highest BCUT2D eigenvalue weighted by molar-refractivity contribution is 7.89. The van der Waals surface area contributed by atoms with Gasteiger partial charge in [-0.2, -0.15) is 0 Å². The molecule has 1 heterocycles. The van der Waals surface area contributed by atoms with Crippen molar-refractivity contribution >= 4 is 15.7 Å². The predicted molar refractivity (Wildman–Crippen MR) is 81.4 cm³/mol. The highest BCUT2D eigenvalue weighted by atomic mass is 32.2. The lowest BCUT2D eigenvalue weighted by Gasteiger charge is -2.18. The number of aryl methyl sites for hydroxylation is 1. The van der Waals surface area contributed by atoms with Gasteiger partial charge in [-0.1, -0.05) is 6.07 Å². The van der Waals surface area contributed by atoms with Crippen LogP contribution in [0.15, 0.2) is 35.5 Å². The van der Waals surface area contributed by atoms with Gasteiger partial charge in [-0.05, 0) is 38.5 Å². The number of hydrogen-bond donors (Lipinski definition) is 2. The van der Waals surface area contributed by atoms with E-state index in [1.54, 1.807) is 25.4 Å². The Balaban J connectivity index is 2.35. The maximum absolute atomic E-state index is 11.5. The average Bonchev–Trinajstić information content (AvgIpc) is 2.40. The molecule has 3 N–H and O–H groups in total. The number of rotatable bonds is 4. The molecule has 0 spiro atoms. The molecule has 0 radical (unpaired) electrons. The second-order valence-corrected chi connectivity index (χ2v) is 6.40. The van der Waals surface area contributed by atoms with Crippen molar-refractivity contribution in [2.75, 3.05) is 5.32 Å². The summed E-state index contributed by atoms with van der Waals surface area (Å²) in [6, 6.07) is 4.86. The second kappa shape index (κ2) is 5.79. The van der Waals surface area contributed by atoms with Crippen LogP contribution in [0.5, 0.6) is 0 Å². The van der Waals surface area contributed by atoms with E-state index in [4.69, 9.17) is 5.14 Å². The van der Waals surface area contributed by atoms with Gasteiger partial charge in [0.15, 0.2) is 0 Å². The van der Waals surface area contributed by atoms with Crippen molar-refractivity contribution in [2.24, 2.45) is 5.14 Å². The molecule has 0 amide bonds. The Kier molecular flexibility index (Phi) is 4.24. The molecule has 0 saturated heterocycles. The highest BCUT2D eigenvalue weighted by Crippen LogP contribution is 2.26. The maximum Gasteiger partial charge on any atom is 0.238 e. The van der Waals surface area contributed by atoms with Crippen LogP contribution in [-0.2, 0) is 10.0 Å². The van der Waals surface area contributed by atoms with E-state index < -0.39 is 10.0 Å². The molecule has 1 aromatic heterocycles. The van der Waals surface area contributed by atoms with E-state index in [0.29, 0.717) is 11.3 Å². The minimum absolute atomic E-state index is 0.104. The van der Waals surface area contributed by atoms with Crippen molar-refractivity contribution in [1.29, 1.82) is 0 Å². The van der Waals surface area contributed by atoms with Crippen molar-refractivity contribution in [1.82, 2.24) is 9.97 Å². The summed E-state index contributed by atoms with van der Waals surface area (Å²) in [4.78, 5) is 8.63. The topological polar surface area (TPSA) is 98.0 Å². The summed E-state index contributed by atoms with van der Waals surface area (Å²) in [6.07, 6.45) is 3.27. The number of hydrogen-bond acceptors (Lipinski definition) is 5. The van der Waals surface area contributed by atoms with Crippen LogP contribution < -0.4 is 10.5 Å². The van der Waals surface area contributed by atoms with E-state index >= 15 is 0 Å². The standard InChI is InChI=1S/C14H18N4O2S/c1-9-12(5-4-6-13(9)21(15,19)20)18-11(3)14-10(2)16-7-8-17-14/h4-8,11,18H,1-3H3,(H2,15,19,20). The molecule has 0 aliphatic carbocycles. The number of benzene rings is 1. The van der Waals surface area contributed by atoms with Crippen LogP contribution in [-0.4, -0.2) is 18.4 Å². The van der Waals surface area contributed by atoms with Crippen LogP contribution >= 0.6 is 0 Å². The zero-order chi connectivity index (χ0) is 15.6. The van der Waals surface area contributed by atoms with E-state index in [2.05, 4.69) is 15.3 Å². The first-order valence-electron chi connectivity index (χ1n) is 6.47. The van der Waals surface area contributed by atoms with Gasteiger partial charge >= 0.3 is 0 Å². The molecule has 0 fully saturated rings. The van der Waals surface area contributed by atoms with Gasteiger partial charge in [0.2, 0.25) is 10.0 Å². The summed E-state index contributed by atoms with van der Waals surface area (Å²) in [5.41, 5.74) is 2.95. The molecular weight excluding hydrogens is 288 g/mol. The van der Waals surface area contributed by atoms with E-state index in [0.717, 1.165) is 11.4 Å². The zero-order valence-corrected chi connectivity index (χ0v) is 13.0. The lowest BCUT2D eigenvalue weighted by atomic mass is 10.1. The van der Waals surface area contributed by atoms with Crippen LogP contribution in [0.4, 0.5) is 5.69 Å². The molecule has 2 aromatic rings. The van der Waals surface area contributed by atoms with Gasteiger partial charge in [-0.25, -0.2) is 13.6 Å². The molecule has 6 nitrogen and oxygen atoms in total. The van der Waals surface area contributed by atoms with Crippen molar-refractivity contribution in [3.63, 3.8) is 0 Å². The van der Waals surface area contributed by atoms with E-state index in [9.17, 15) is 8.42 Å². The molecule has 0 bridgehead atoms. The second-order valence-electron chi connectivity index (χ2n) is 4.87. The third-order valence-corrected chi connectivity index (χ3v) is 4.35. The summed E-state index contributed by atoms with van der Waals surface area (Å²) >= 11 is 0. The van der Waals surface area contributed by atoms with Gasteiger partial charge < -0.3 is 5.32 Å². The largest absolute Gasteiger partial charge is 0.377 e. The minimum Gasteiger partial charge on any atom is -0.377 e. The molecule has 7 heteroatoms. The molecule has 0 saturated carbocycles. The van der Waals surface area contributed by atoms with Crippen molar-refractivity contribution in [3.8, 4) is 0 Å². The fourth-order valence-corrected chi connectivity index (χ4v) is 3.03. The Labute approximate surface area is 124 Å². The van der Waals surface area contributed by atoms with Crippen LogP contribution in [0.1, 0.15) is 29.9 Å². The quantitative estimate of drug-likeness (QED) is 0.899. The summed E-state index contributed by atoms with van der Waals surface area (Å²) in [7, 11) is -3.73. The first kappa shape index (κ1) is 15.4. The van der Waals surface area contributed by atoms with Gasteiger partial charge in [0, 0.05) is 18.1 Å². The molecule has 1 unspecified atom stereocenters. The average molecular weight is 306 g/mol. The van der Waals surface area contributed by atoms with E-state index in [1.165, 1.54) is 6.07 Å². The van der Waals surface area contributed by atoms with Gasteiger partial charge in [0.1, 0.15) is 0 Å². The summed E-state index contributed by atoms with van der Waals surface area (Å²) < 4.78 is 23.1. The monoisotopic (exact) mass is 306 g/mol. The lowest BCUT2D eigenvalue weighted by Crippen LogP contribution is -2.16. The molecule has 1 aromatic carbocycles. The number of nitrogens with one attached hydrogen (secondary N) is 1. The fraction of sp³-hybridized carbons (Fsp3) is 0.286. The number of nitrogens with two attached hydrogens (primary N) is 1. The number of primary sulfonamides is 1. The van der Waals surface area contributed by atoms with Crippen LogP contribution in [0.25, 0.3) is 0 Å². The maximum atomic E-state index is 11.5. The number of anilines is 1. The summed E-state index contributed by atoms with van der Waals surface area (Å²) in [5, 5.41) is 8.47. The van der Waals surface area contributed by atoms with Crippen molar-refractivity contribution in [2.45, 2.75) is 31.7 Å². The highest BCUT2D eigenvalue weighted by Gasteiger charge is 2.16. The van der Waals surface area contributed by atoms with Crippen LogP contribution in [0, 0.1) is 13.8 Å². The molecule has 1 atom stereocenters. The van der Waals surface area contributed by atoms with E-state index in [1.807, 2.05) is 19.9 Å². The number of nitrogens with zero attached hydrogens (tertiary/aromatic N) is 2. The molecular formula is C14H18N4O2S. The molecule has 2 rings (SSSR count). The number of sulfonamides is 1. The summed E-state index contributed by atoms with van der Waals surface area (Å²) in [6.45, 7) is 5.55. The summed E-state index contributed by atoms with van der Waals surface area (Å²) in [5.74, 6) is 0. The fourth-order valence-electron chi connectivity index (χ4n) is 2.22. The third-order valence-electron chi connectivity index (χ3n) is 3.29. The predicted octanol–water partition coefficient (Wildman–Crippen LogP) is 1.91. The normalized spacial score (nSPS) is 13.0. The van der Waals surface area contributed by atoms with Gasteiger partial charge in [-0.15, -0.1) is 0 Å². The molecule has 0 aliphatic rings. The molecule has 112 valence electrons. The Bertz CT molecular complexity index is 759. The van der Waals surface area contributed by atoms with Gasteiger partial charge in [-0.3, -0.25) is 9.97 Å². The first-order chi connectivity index (χ1) is 9.80. The van der Waals surface area contributed by atoms with Crippen molar-refractivity contribution < 1.29 is 8.42 Å². The molecule has 0 aliphatic heterocycles. The van der Waals surface area contributed by atoms with Crippen LogP contribution in [0.2, 0.25) is 0 Å². The zero-order valence-electron chi connectivity index (χ0n) is 12.2. The Morgan fingerprint density at radius 1 is 1.19 bits per heavy atom. The third kappa shape index (κ3) is 3.37. The lowest BCUT2D eigenvalue weighted by molar-refractivity contribution is 0.597. The Hall–Kier alpha value is -1.99. The molecule has 21 heavy (non-hydrogen) atoms.